The molecule has 0 spiro atoms. The highest BCUT2D eigenvalue weighted by Gasteiger charge is 2.16. The summed E-state index contributed by atoms with van der Waals surface area (Å²) in [5, 5.41) is 2.97. The van der Waals surface area contributed by atoms with Gasteiger partial charge in [-0.3, -0.25) is 4.79 Å². The first-order valence-electron chi connectivity index (χ1n) is 6.45. The van der Waals surface area contributed by atoms with Crippen LogP contribution in [0.15, 0.2) is 18.2 Å². The third-order valence-electron chi connectivity index (χ3n) is 3.06. The molecule has 1 amide bonds. The molecule has 1 unspecified atom stereocenters. The Morgan fingerprint density at radius 2 is 2.16 bits per heavy atom. The molecule has 0 bridgehead atoms. The van der Waals surface area contributed by atoms with Gasteiger partial charge in [-0.25, -0.2) is 0 Å². The van der Waals surface area contributed by atoms with Crippen LogP contribution in [0.5, 0.6) is 11.5 Å². The molecule has 0 aromatic heterocycles. The molecule has 2 rings (SSSR count). The molecule has 1 aliphatic heterocycles. The quantitative estimate of drug-likeness (QED) is 0.645. The van der Waals surface area contributed by atoms with Gasteiger partial charge in [0.25, 0.3) is 0 Å². The first kappa shape index (κ1) is 14.0. The molecule has 1 aliphatic rings. The van der Waals surface area contributed by atoms with E-state index in [0.717, 1.165) is 29.9 Å². The van der Waals surface area contributed by atoms with E-state index in [2.05, 4.69) is 5.32 Å². The molecule has 4 nitrogen and oxygen atoms in total. The van der Waals surface area contributed by atoms with Gasteiger partial charge in [0.2, 0.25) is 12.7 Å². The van der Waals surface area contributed by atoms with Crippen molar-refractivity contribution in [2.24, 2.45) is 0 Å². The van der Waals surface area contributed by atoms with Crippen LogP contribution in [0, 0.1) is 0 Å². The Kier molecular flexibility index (Phi) is 4.91. The molecule has 19 heavy (non-hydrogen) atoms. The van der Waals surface area contributed by atoms with Crippen LogP contribution in [-0.4, -0.2) is 18.6 Å². The summed E-state index contributed by atoms with van der Waals surface area (Å²) in [5.41, 5.74) is 1.01. The van der Waals surface area contributed by atoms with Gasteiger partial charge >= 0.3 is 0 Å². The van der Waals surface area contributed by atoms with Crippen molar-refractivity contribution in [2.75, 3.05) is 12.7 Å². The predicted molar refractivity (Wildman–Crippen MR) is 73.7 cm³/mol. The number of amides is 1. The van der Waals surface area contributed by atoms with Crippen LogP contribution in [0.3, 0.4) is 0 Å². The monoisotopic (exact) mass is 283 g/mol. The molecule has 1 atom stereocenters. The Bertz CT molecular complexity index is 450. The largest absolute Gasteiger partial charge is 0.454 e. The molecule has 1 aromatic carbocycles. The van der Waals surface area contributed by atoms with E-state index in [1.807, 2.05) is 25.1 Å². The zero-order valence-corrected chi connectivity index (χ0v) is 11.7. The summed E-state index contributed by atoms with van der Waals surface area (Å²) in [6, 6.07) is 5.68. The smallest absolute Gasteiger partial charge is 0.231 e. The number of ether oxygens (including phenoxy) is 2. The summed E-state index contributed by atoms with van der Waals surface area (Å²) >= 11 is 5.58. The summed E-state index contributed by atoms with van der Waals surface area (Å²) in [4.78, 5) is 11.7. The highest BCUT2D eigenvalue weighted by atomic mass is 35.5. The summed E-state index contributed by atoms with van der Waals surface area (Å²) in [6.07, 6.45) is 2.21. The van der Waals surface area contributed by atoms with E-state index in [4.69, 9.17) is 21.1 Å². The van der Waals surface area contributed by atoms with Crippen molar-refractivity contribution in [3.63, 3.8) is 0 Å². The van der Waals surface area contributed by atoms with Gasteiger partial charge < -0.3 is 14.8 Å². The van der Waals surface area contributed by atoms with E-state index < -0.39 is 0 Å². The van der Waals surface area contributed by atoms with Crippen LogP contribution >= 0.6 is 11.6 Å². The topological polar surface area (TPSA) is 47.6 Å². The van der Waals surface area contributed by atoms with Crippen LogP contribution in [0.2, 0.25) is 0 Å². The number of nitrogens with one attached hydrogen (secondary N) is 1. The van der Waals surface area contributed by atoms with Crippen molar-refractivity contribution in [1.29, 1.82) is 0 Å². The number of halogens is 1. The molecular weight excluding hydrogens is 266 g/mol. The van der Waals surface area contributed by atoms with Gasteiger partial charge in [0.15, 0.2) is 11.5 Å². The fraction of sp³-hybridized carbons (Fsp3) is 0.500. The highest BCUT2D eigenvalue weighted by molar-refractivity contribution is 6.17. The summed E-state index contributed by atoms with van der Waals surface area (Å²) in [6.45, 7) is 2.22. The molecule has 5 heteroatoms. The van der Waals surface area contributed by atoms with Gasteiger partial charge in [0, 0.05) is 12.3 Å². The van der Waals surface area contributed by atoms with Crippen LogP contribution < -0.4 is 14.8 Å². The Morgan fingerprint density at radius 1 is 1.37 bits per heavy atom. The molecule has 1 N–H and O–H groups in total. The van der Waals surface area contributed by atoms with Gasteiger partial charge in [-0.05, 0) is 37.5 Å². The number of hydrogen-bond donors (Lipinski definition) is 1. The lowest BCUT2D eigenvalue weighted by molar-refractivity contribution is -0.121. The van der Waals surface area contributed by atoms with E-state index in [1.165, 1.54) is 0 Å². The lowest BCUT2D eigenvalue weighted by Crippen LogP contribution is -2.26. The maximum atomic E-state index is 11.7. The molecule has 0 aliphatic carbocycles. The maximum absolute atomic E-state index is 11.7. The minimum absolute atomic E-state index is 0.0435. The number of carbonyl (C=O) groups excluding carboxylic acids is 1. The van der Waals surface area contributed by atoms with Crippen molar-refractivity contribution in [1.82, 2.24) is 5.32 Å². The molecule has 0 saturated carbocycles. The number of hydrogen-bond acceptors (Lipinski definition) is 3. The van der Waals surface area contributed by atoms with E-state index in [0.29, 0.717) is 12.3 Å². The zero-order valence-electron chi connectivity index (χ0n) is 10.9. The lowest BCUT2D eigenvalue weighted by atomic mass is 10.1. The average molecular weight is 284 g/mol. The number of rotatable bonds is 6. The Labute approximate surface area is 118 Å². The number of unbranched alkanes of at least 4 members (excludes halogenated alkanes) is 1. The van der Waals surface area contributed by atoms with Crippen molar-refractivity contribution in [3.05, 3.63) is 23.8 Å². The first-order valence-corrected chi connectivity index (χ1v) is 6.99. The Balaban J connectivity index is 1.89. The summed E-state index contributed by atoms with van der Waals surface area (Å²) in [7, 11) is 0. The van der Waals surface area contributed by atoms with Crippen molar-refractivity contribution in [2.45, 2.75) is 32.2 Å². The van der Waals surface area contributed by atoms with Crippen LogP contribution in [0.25, 0.3) is 0 Å². The van der Waals surface area contributed by atoms with Crippen LogP contribution in [0.4, 0.5) is 0 Å². The van der Waals surface area contributed by atoms with Gasteiger partial charge in [0.05, 0.1) is 6.04 Å². The molecular formula is C14H18ClNO3. The molecule has 1 aromatic rings. The van der Waals surface area contributed by atoms with Crippen LogP contribution in [0.1, 0.15) is 37.8 Å². The van der Waals surface area contributed by atoms with Crippen molar-refractivity contribution >= 4 is 17.5 Å². The third kappa shape index (κ3) is 3.77. The van der Waals surface area contributed by atoms with Crippen molar-refractivity contribution in [3.8, 4) is 11.5 Å². The fourth-order valence-electron chi connectivity index (χ4n) is 1.96. The van der Waals surface area contributed by atoms with Crippen LogP contribution in [-0.2, 0) is 4.79 Å². The standard InChI is InChI=1S/C14H18ClNO3/c1-10(16-14(17)4-2-3-7-15)11-5-6-12-13(8-11)19-9-18-12/h5-6,8,10H,2-4,7,9H2,1H3,(H,16,17). The van der Waals surface area contributed by atoms with E-state index in [1.54, 1.807) is 0 Å². The molecule has 0 fully saturated rings. The maximum Gasteiger partial charge on any atom is 0.231 e. The highest BCUT2D eigenvalue weighted by Crippen LogP contribution is 2.34. The van der Waals surface area contributed by atoms with Gasteiger partial charge in [-0.15, -0.1) is 11.6 Å². The second-order valence-electron chi connectivity index (χ2n) is 4.55. The minimum atomic E-state index is -0.0435. The normalized spacial score (nSPS) is 14.2. The van der Waals surface area contributed by atoms with Crippen molar-refractivity contribution < 1.29 is 14.3 Å². The summed E-state index contributed by atoms with van der Waals surface area (Å²) < 4.78 is 10.6. The SMILES string of the molecule is CC(NC(=O)CCCCCl)c1ccc2c(c1)OCO2. The minimum Gasteiger partial charge on any atom is -0.454 e. The molecule has 104 valence electrons. The second-order valence-corrected chi connectivity index (χ2v) is 4.93. The lowest BCUT2D eigenvalue weighted by Gasteiger charge is -2.14. The van der Waals surface area contributed by atoms with Gasteiger partial charge in [-0.1, -0.05) is 6.07 Å². The number of benzene rings is 1. The molecule has 0 saturated heterocycles. The third-order valence-corrected chi connectivity index (χ3v) is 3.33. The Morgan fingerprint density at radius 3 is 2.95 bits per heavy atom. The fourth-order valence-corrected chi connectivity index (χ4v) is 2.15. The second kappa shape index (κ2) is 6.66. The van der Waals surface area contributed by atoms with E-state index in [9.17, 15) is 4.79 Å². The molecule has 1 heterocycles. The number of carbonyl (C=O) groups is 1. The van der Waals surface area contributed by atoms with E-state index in [-0.39, 0.29) is 18.7 Å². The first-order chi connectivity index (χ1) is 9.20. The molecule has 0 radical (unpaired) electrons. The summed E-state index contributed by atoms with van der Waals surface area (Å²) in [5.74, 6) is 2.14. The van der Waals surface area contributed by atoms with E-state index >= 15 is 0 Å². The predicted octanol–water partition coefficient (Wildman–Crippen LogP) is 3.00. The van der Waals surface area contributed by atoms with Gasteiger partial charge in [0.1, 0.15) is 0 Å². The average Bonchev–Trinajstić information content (AvgIpc) is 2.86. The zero-order chi connectivity index (χ0) is 13.7. The van der Waals surface area contributed by atoms with Gasteiger partial charge in [-0.2, -0.15) is 0 Å². The number of alkyl halides is 1. The number of fused-ring (bicyclic) bond motifs is 1. The Hall–Kier alpha value is -1.42.